The maximum absolute atomic E-state index is 11.7. The molecule has 0 aromatic heterocycles. The fraction of sp³-hybridized carbons (Fsp3) is 0.333. The summed E-state index contributed by atoms with van der Waals surface area (Å²) in [5, 5.41) is 2.88. The second-order valence-corrected chi connectivity index (χ2v) is 4.62. The Hall–Kier alpha value is -2.10. The van der Waals surface area contributed by atoms with Crippen LogP contribution >= 0.6 is 0 Å². The number of nitrogens with one attached hydrogen (secondary N) is 1. The molecule has 0 radical (unpaired) electrons. The largest absolute Gasteiger partial charge is 0.344 e. The Labute approximate surface area is 113 Å². The van der Waals surface area contributed by atoms with E-state index in [1.807, 2.05) is 30.3 Å². The Morgan fingerprint density at radius 1 is 1.42 bits per heavy atom. The van der Waals surface area contributed by atoms with Crippen LogP contribution in [0.5, 0.6) is 0 Å². The van der Waals surface area contributed by atoms with Crippen LogP contribution in [0.2, 0.25) is 0 Å². The molecule has 2 rings (SSSR count). The molecule has 0 spiro atoms. The topological polar surface area (TPSA) is 49.4 Å². The van der Waals surface area contributed by atoms with E-state index in [2.05, 4.69) is 11.9 Å². The zero-order valence-electron chi connectivity index (χ0n) is 10.8. The molecule has 1 N–H and O–H groups in total. The number of carbonyl (C=O) groups is 2. The van der Waals surface area contributed by atoms with Crippen molar-refractivity contribution in [3.05, 3.63) is 48.6 Å². The van der Waals surface area contributed by atoms with E-state index in [1.54, 1.807) is 4.90 Å². The highest BCUT2D eigenvalue weighted by atomic mass is 16.2. The van der Waals surface area contributed by atoms with Crippen LogP contribution in [-0.2, 0) is 9.59 Å². The summed E-state index contributed by atoms with van der Waals surface area (Å²) in [5.74, 6) is -0.0608. The fourth-order valence-electron chi connectivity index (χ4n) is 2.27. The number of hydrogen-bond donors (Lipinski definition) is 1. The minimum atomic E-state index is -0.222. The fourth-order valence-corrected chi connectivity index (χ4v) is 2.27. The van der Waals surface area contributed by atoms with Crippen molar-refractivity contribution in [2.45, 2.75) is 18.9 Å². The van der Waals surface area contributed by atoms with Crippen molar-refractivity contribution < 1.29 is 9.59 Å². The summed E-state index contributed by atoms with van der Waals surface area (Å²) in [6.07, 6.45) is 2.76. The van der Waals surface area contributed by atoms with Crippen LogP contribution in [0.15, 0.2) is 43.0 Å². The molecule has 1 aliphatic rings. The van der Waals surface area contributed by atoms with E-state index in [1.165, 1.54) is 6.08 Å². The minimum absolute atomic E-state index is 0.161. The van der Waals surface area contributed by atoms with Gasteiger partial charge in [-0.1, -0.05) is 36.9 Å². The highest BCUT2D eigenvalue weighted by Crippen LogP contribution is 2.18. The molecule has 100 valence electrons. The Bertz CT molecular complexity index is 470. The molecule has 1 aliphatic heterocycles. The summed E-state index contributed by atoms with van der Waals surface area (Å²) in [5.41, 5.74) is 0.998. The van der Waals surface area contributed by atoms with Crippen LogP contribution in [0.25, 0.3) is 0 Å². The van der Waals surface area contributed by atoms with E-state index >= 15 is 0 Å². The smallest absolute Gasteiger partial charge is 0.243 e. The minimum Gasteiger partial charge on any atom is -0.344 e. The molecule has 2 amide bonds. The van der Waals surface area contributed by atoms with E-state index in [4.69, 9.17) is 0 Å². The lowest BCUT2D eigenvalue weighted by molar-refractivity contribution is -0.128. The number of rotatable bonds is 5. The average Bonchev–Trinajstić information content (AvgIpc) is 2.84. The van der Waals surface area contributed by atoms with Gasteiger partial charge in [0.25, 0.3) is 0 Å². The second-order valence-electron chi connectivity index (χ2n) is 4.62. The summed E-state index contributed by atoms with van der Waals surface area (Å²) in [7, 11) is 0. The van der Waals surface area contributed by atoms with Gasteiger partial charge in [-0.25, -0.2) is 0 Å². The van der Waals surface area contributed by atoms with Crippen LogP contribution in [0.1, 0.15) is 24.4 Å². The molecular weight excluding hydrogens is 240 g/mol. The predicted molar refractivity (Wildman–Crippen MR) is 73.3 cm³/mol. The van der Waals surface area contributed by atoms with Crippen LogP contribution in [0.4, 0.5) is 0 Å². The highest BCUT2D eigenvalue weighted by molar-refractivity contribution is 5.87. The van der Waals surface area contributed by atoms with Gasteiger partial charge in [-0.15, -0.1) is 0 Å². The number of likely N-dealkylation sites (tertiary alicyclic amines) is 1. The molecule has 4 heteroatoms. The Morgan fingerprint density at radius 2 is 2.16 bits per heavy atom. The number of amides is 2. The average molecular weight is 258 g/mol. The lowest BCUT2D eigenvalue weighted by atomic mass is 10.1. The first-order chi connectivity index (χ1) is 9.20. The summed E-state index contributed by atoms with van der Waals surface area (Å²) in [6.45, 7) is 4.75. The molecule has 1 heterocycles. The van der Waals surface area contributed by atoms with Gasteiger partial charge in [0.15, 0.2) is 0 Å². The lowest BCUT2D eigenvalue weighted by Crippen LogP contribution is -2.38. The first-order valence-corrected chi connectivity index (χ1v) is 6.46. The van der Waals surface area contributed by atoms with Crippen LogP contribution < -0.4 is 5.32 Å². The third-order valence-corrected chi connectivity index (χ3v) is 3.28. The van der Waals surface area contributed by atoms with Gasteiger partial charge >= 0.3 is 0 Å². The molecule has 0 saturated carbocycles. The zero-order chi connectivity index (χ0) is 13.7. The van der Waals surface area contributed by atoms with Crippen LogP contribution in [0.3, 0.4) is 0 Å². The van der Waals surface area contributed by atoms with Gasteiger partial charge in [-0.3, -0.25) is 9.59 Å². The third kappa shape index (κ3) is 3.44. The van der Waals surface area contributed by atoms with Crippen molar-refractivity contribution in [3.63, 3.8) is 0 Å². The number of hydrogen-bond acceptors (Lipinski definition) is 2. The summed E-state index contributed by atoms with van der Waals surface area (Å²) < 4.78 is 0. The normalized spacial score (nSPS) is 16.2. The SMILES string of the molecule is C=CC(=O)NC(CN1CCCC1=O)c1ccccc1. The maximum Gasteiger partial charge on any atom is 0.243 e. The van der Waals surface area contributed by atoms with Gasteiger partial charge < -0.3 is 10.2 Å². The second kappa shape index (κ2) is 6.18. The standard InChI is InChI=1S/C15H18N2O2/c1-2-14(18)16-13(12-7-4-3-5-8-12)11-17-10-6-9-15(17)19/h2-5,7-8,13H,1,6,9-11H2,(H,16,18). The number of nitrogens with zero attached hydrogens (tertiary/aromatic N) is 1. The maximum atomic E-state index is 11.7. The Kier molecular flexibility index (Phi) is 4.34. The van der Waals surface area contributed by atoms with Crippen LogP contribution in [0, 0.1) is 0 Å². The number of benzene rings is 1. The van der Waals surface area contributed by atoms with Gasteiger partial charge in [0.05, 0.1) is 6.04 Å². The molecule has 1 aromatic carbocycles. The summed E-state index contributed by atoms with van der Waals surface area (Å²) >= 11 is 0. The zero-order valence-corrected chi connectivity index (χ0v) is 10.8. The van der Waals surface area contributed by atoms with Gasteiger partial charge in [-0.05, 0) is 18.1 Å². The third-order valence-electron chi connectivity index (χ3n) is 3.28. The molecule has 1 aromatic rings. The first-order valence-electron chi connectivity index (χ1n) is 6.46. The van der Waals surface area contributed by atoms with E-state index in [0.29, 0.717) is 13.0 Å². The van der Waals surface area contributed by atoms with E-state index in [9.17, 15) is 9.59 Å². The van der Waals surface area contributed by atoms with E-state index < -0.39 is 0 Å². The molecule has 19 heavy (non-hydrogen) atoms. The number of carbonyl (C=O) groups excluding carboxylic acids is 2. The molecular formula is C15H18N2O2. The molecule has 4 nitrogen and oxygen atoms in total. The van der Waals surface area contributed by atoms with Gasteiger partial charge in [0, 0.05) is 19.5 Å². The molecule has 1 saturated heterocycles. The van der Waals surface area contributed by atoms with Crippen molar-refractivity contribution in [1.82, 2.24) is 10.2 Å². The molecule has 0 aliphatic carbocycles. The first kappa shape index (κ1) is 13.3. The van der Waals surface area contributed by atoms with E-state index in [0.717, 1.165) is 18.5 Å². The van der Waals surface area contributed by atoms with Crippen molar-refractivity contribution in [1.29, 1.82) is 0 Å². The van der Waals surface area contributed by atoms with Crippen molar-refractivity contribution in [3.8, 4) is 0 Å². The van der Waals surface area contributed by atoms with Gasteiger partial charge in [-0.2, -0.15) is 0 Å². The summed E-state index contributed by atoms with van der Waals surface area (Å²) in [6, 6.07) is 9.50. The Balaban J connectivity index is 2.12. The van der Waals surface area contributed by atoms with Crippen molar-refractivity contribution in [2.24, 2.45) is 0 Å². The monoisotopic (exact) mass is 258 g/mol. The van der Waals surface area contributed by atoms with E-state index in [-0.39, 0.29) is 17.9 Å². The highest BCUT2D eigenvalue weighted by Gasteiger charge is 2.24. The van der Waals surface area contributed by atoms with Crippen molar-refractivity contribution >= 4 is 11.8 Å². The molecule has 1 atom stereocenters. The van der Waals surface area contributed by atoms with Gasteiger partial charge in [0.1, 0.15) is 0 Å². The molecule has 1 fully saturated rings. The predicted octanol–water partition coefficient (Wildman–Crippen LogP) is 1.65. The lowest BCUT2D eigenvalue weighted by Gasteiger charge is -2.24. The molecule has 1 unspecified atom stereocenters. The van der Waals surface area contributed by atoms with Crippen molar-refractivity contribution in [2.75, 3.05) is 13.1 Å². The van der Waals surface area contributed by atoms with Gasteiger partial charge in [0.2, 0.25) is 11.8 Å². The quantitative estimate of drug-likeness (QED) is 0.816. The summed E-state index contributed by atoms with van der Waals surface area (Å²) in [4.78, 5) is 25.0. The Morgan fingerprint density at radius 3 is 2.74 bits per heavy atom. The van der Waals surface area contributed by atoms with Crippen LogP contribution in [-0.4, -0.2) is 29.8 Å². The molecule has 0 bridgehead atoms.